The minimum Gasteiger partial charge on any atom is -0.522 e. The molecule has 3 nitrogen and oxygen atoms in total. The first-order valence-electron chi connectivity index (χ1n) is 5.23. The van der Waals surface area contributed by atoms with Crippen LogP contribution in [0.3, 0.4) is 0 Å². The molecule has 1 fully saturated rings. The first-order valence-corrected chi connectivity index (χ1v) is 5.23. The number of ether oxygens (including phenoxy) is 3. The van der Waals surface area contributed by atoms with Crippen molar-refractivity contribution >= 4 is 0 Å². The molecule has 0 N–H and O–H groups in total. The minimum atomic E-state index is -0.123. The number of rotatable bonds is 3. The van der Waals surface area contributed by atoms with Gasteiger partial charge in [0.1, 0.15) is 0 Å². The van der Waals surface area contributed by atoms with Crippen LogP contribution in [0.15, 0.2) is 18.2 Å². The largest absolute Gasteiger partial charge is 1.00 e. The zero-order chi connectivity index (χ0) is 10.5. The van der Waals surface area contributed by atoms with E-state index in [1.54, 1.807) is 7.11 Å². The van der Waals surface area contributed by atoms with E-state index >= 15 is 0 Å². The SMILES string of the molecule is COc1[c-]c(OC2CCCCO2)ccc1.[K+]. The van der Waals surface area contributed by atoms with Gasteiger partial charge in [0.05, 0.1) is 13.7 Å². The van der Waals surface area contributed by atoms with Crippen molar-refractivity contribution in [3.63, 3.8) is 0 Å². The first kappa shape index (κ1) is 14.5. The number of hydrogen-bond acceptors (Lipinski definition) is 3. The molecule has 1 heterocycles. The van der Waals surface area contributed by atoms with Gasteiger partial charge in [0.25, 0.3) is 0 Å². The summed E-state index contributed by atoms with van der Waals surface area (Å²) >= 11 is 0. The van der Waals surface area contributed by atoms with Crippen molar-refractivity contribution in [2.45, 2.75) is 25.6 Å². The molecule has 1 saturated heterocycles. The van der Waals surface area contributed by atoms with Gasteiger partial charge in [0.15, 0.2) is 6.29 Å². The van der Waals surface area contributed by atoms with Gasteiger partial charge in [0.2, 0.25) is 0 Å². The van der Waals surface area contributed by atoms with Gasteiger partial charge in [-0.05, 0) is 12.8 Å². The Morgan fingerprint density at radius 3 is 2.81 bits per heavy atom. The Balaban J connectivity index is 0.00000128. The van der Waals surface area contributed by atoms with Crippen molar-refractivity contribution in [3.8, 4) is 11.5 Å². The number of benzene rings is 1. The second-order valence-corrected chi connectivity index (χ2v) is 3.50. The van der Waals surface area contributed by atoms with Gasteiger partial charge in [0, 0.05) is 17.9 Å². The van der Waals surface area contributed by atoms with Crippen LogP contribution in [0.1, 0.15) is 19.3 Å². The van der Waals surface area contributed by atoms with E-state index in [0.29, 0.717) is 11.5 Å². The molecule has 0 spiro atoms. The molecule has 2 rings (SSSR count). The summed E-state index contributed by atoms with van der Waals surface area (Å²) in [4.78, 5) is 0. The van der Waals surface area contributed by atoms with E-state index in [-0.39, 0.29) is 57.7 Å². The van der Waals surface area contributed by atoms with Crippen molar-refractivity contribution in [3.05, 3.63) is 24.3 Å². The first-order chi connectivity index (χ1) is 7.38. The predicted octanol–water partition coefficient (Wildman–Crippen LogP) is -0.595. The predicted molar refractivity (Wildman–Crippen MR) is 56.0 cm³/mol. The average molecular weight is 246 g/mol. The molecule has 82 valence electrons. The maximum Gasteiger partial charge on any atom is 1.00 e. The van der Waals surface area contributed by atoms with E-state index in [9.17, 15) is 0 Å². The maximum atomic E-state index is 5.64. The molecule has 0 radical (unpaired) electrons. The molecular weight excluding hydrogens is 231 g/mol. The summed E-state index contributed by atoms with van der Waals surface area (Å²) in [5.41, 5.74) is 0. The molecule has 0 amide bonds. The Morgan fingerprint density at radius 1 is 1.31 bits per heavy atom. The molecule has 0 saturated carbocycles. The molecule has 0 aromatic heterocycles. The second kappa shape index (κ2) is 7.69. The van der Waals surface area contributed by atoms with Crippen LogP contribution in [0.25, 0.3) is 0 Å². The minimum absolute atomic E-state index is 0. The number of methoxy groups -OCH3 is 1. The van der Waals surface area contributed by atoms with E-state index < -0.39 is 0 Å². The second-order valence-electron chi connectivity index (χ2n) is 3.50. The third kappa shape index (κ3) is 4.35. The summed E-state index contributed by atoms with van der Waals surface area (Å²) in [5, 5.41) is 0. The molecule has 4 heteroatoms. The van der Waals surface area contributed by atoms with Gasteiger partial charge in [-0.25, -0.2) is 0 Å². The third-order valence-corrected chi connectivity index (χ3v) is 2.36. The van der Waals surface area contributed by atoms with Gasteiger partial charge in [-0.15, -0.1) is 12.1 Å². The Labute approximate surface area is 139 Å². The fraction of sp³-hybridized carbons (Fsp3) is 0.500. The summed E-state index contributed by atoms with van der Waals surface area (Å²) in [6.45, 7) is 0.786. The maximum absolute atomic E-state index is 5.64. The van der Waals surface area contributed by atoms with E-state index in [1.165, 1.54) is 0 Å². The van der Waals surface area contributed by atoms with Gasteiger partial charge in [-0.2, -0.15) is 6.07 Å². The zero-order valence-corrected chi connectivity index (χ0v) is 13.0. The summed E-state index contributed by atoms with van der Waals surface area (Å²) < 4.78 is 16.2. The topological polar surface area (TPSA) is 27.7 Å². The van der Waals surface area contributed by atoms with E-state index in [4.69, 9.17) is 14.2 Å². The van der Waals surface area contributed by atoms with Crippen LogP contribution in [-0.2, 0) is 4.74 Å². The standard InChI is InChI=1S/C12H15O3.K/c1-13-10-5-4-6-11(9-10)15-12-7-2-3-8-14-12;/h4-6,12H,2-3,7-8H2,1H3;/q-1;+1. The van der Waals surface area contributed by atoms with E-state index in [2.05, 4.69) is 6.07 Å². The molecule has 0 bridgehead atoms. The summed E-state index contributed by atoms with van der Waals surface area (Å²) in [6, 6.07) is 8.60. The van der Waals surface area contributed by atoms with Crippen LogP contribution < -0.4 is 60.9 Å². The summed E-state index contributed by atoms with van der Waals surface area (Å²) in [7, 11) is 1.62. The molecule has 1 aliphatic heterocycles. The Bertz CT molecular complexity index is 311. The van der Waals surface area contributed by atoms with Crippen molar-refractivity contribution < 1.29 is 65.6 Å². The summed E-state index contributed by atoms with van der Waals surface area (Å²) in [6.07, 6.45) is 3.11. The van der Waals surface area contributed by atoms with Crippen LogP contribution in [0.4, 0.5) is 0 Å². The molecule has 1 atom stereocenters. The van der Waals surface area contributed by atoms with Crippen molar-refractivity contribution in [2.75, 3.05) is 13.7 Å². The van der Waals surface area contributed by atoms with Crippen molar-refractivity contribution in [2.24, 2.45) is 0 Å². The monoisotopic (exact) mass is 246 g/mol. The smallest absolute Gasteiger partial charge is 0.522 e. The molecule has 1 unspecified atom stereocenters. The van der Waals surface area contributed by atoms with Gasteiger partial charge >= 0.3 is 51.4 Å². The normalized spacial score (nSPS) is 19.7. The van der Waals surface area contributed by atoms with Gasteiger partial charge < -0.3 is 14.2 Å². The molecule has 0 aliphatic carbocycles. The third-order valence-electron chi connectivity index (χ3n) is 2.36. The van der Waals surface area contributed by atoms with Crippen molar-refractivity contribution in [1.29, 1.82) is 0 Å². The zero-order valence-electron chi connectivity index (χ0n) is 9.86. The van der Waals surface area contributed by atoms with Crippen LogP contribution in [0, 0.1) is 6.07 Å². The molecule has 1 aliphatic rings. The molecule has 1 aromatic rings. The Morgan fingerprint density at radius 2 is 2.12 bits per heavy atom. The van der Waals surface area contributed by atoms with Crippen LogP contribution in [0.2, 0.25) is 0 Å². The van der Waals surface area contributed by atoms with Crippen molar-refractivity contribution in [1.82, 2.24) is 0 Å². The van der Waals surface area contributed by atoms with Crippen LogP contribution in [-0.4, -0.2) is 20.0 Å². The van der Waals surface area contributed by atoms with Gasteiger partial charge in [-0.3, -0.25) is 0 Å². The van der Waals surface area contributed by atoms with E-state index in [1.807, 2.05) is 18.2 Å². The Kier molecular flexibility index (Phi) is 6.96. The number of hydrogen-bond donors (Lipinski definition) is 0. The van der Waals surface area contributed by atoms with E-state index in [0.717, 1.165) is 25.9 Å². The molecule has 1 aromatic carbocycles. The Hall–Kier alpha value is 0.416. The quantitative estimate of drug-likeness (QED) is 0.527. The summed E-state index contributed by atoms with van der Waals surface area (Å²) in [5.74, 6) is 1.37. The van der Waals surface area contributed by atoms with Crippen LogP contribution in [0.5, 0.6) is 11.5 Å². The van der Waals surface area contributed by atoms with Crippen LogP contribution >= 0.6 is 0 Å². The fourth-order valence-electron chi connectivity index (χ4n) is 1.56. The van der Waals surface area contributed by atoms with Gasteiger partial charge in [-0.1, -0.05) is 6.07 Å². The average Bonchev–Trinajstić information content (AvgIpc) is 2.31. The molecular formula is C12H15KO3. The molecule has 16 heavy (non-hydrogen) atoms. The fourth-order valence-corrected chi connectivity index (χ4v) is 1.56.